The average Bonchev–Trinajstić information content (AvgIpc) is 2.66. The number of hydrogen-bond acceptors (Lipinski definition) is 4. The fourth-order valence-electron chi connectivity index (χ4n) is 2.73. The molecule has 0 aliphatic heterocycles. The number of nitrogens with zero attached hydrogens (tertiary/aromatic N) is 1. The number of methoxy groups -OCH3 is 2. The molecule has 2 aromatic carbocycles. The molecule has 0 aliphatic rings. The molecule has 26 heavy (non-hydrogen) atoms. The molecule has 0 saturated carbocycles. The molecule has 0 bridgehead atoms. The van der Waals surface area contributed by atoms with Gasteiger partial charge in [-0.1, -0.05) is 30.3 Å². The van der Waals surface area contributed by atoms with E-state index in [2.05, 4.69) is 15.5 Å². The molecule has 0 heterocycles. The monoisotopic (exact) mass is 357 g/mol. The van der Waals surface area contributed by atoms with Gasteiger partial charge in [-0.25, -0.2) is 4.79 Å². The first kappa shape index (κ1) is 19.6. The van der Waals surface area contributed by atoms with E-state index < -0.39 is 0 Å². The van der Waals surface area contributed by atoms with Gasteiger partial charge in [-0.15, -0.1) is 0 Å². The van der Waals surface area contributed by atoms with E-state index in [0.717, 1.165) is 22.6 Å². The molecule has 1 unspecified atom stereocenters. The van der Waals surface area contributed by atoms with E-state index in [1.807, 2.05) is 62.6 Å². The van der Waals surface area contributed by atoms with Gasteiger partial charge in [0.25, 0.3) is 0 Å². The molecule has 140 valence electrons. The van der Waals surface area contributed by atoms with E-state index in [1.54, 1.807) is 14.2 Å². The van der Waals surface area contributed by atoms with E-state index in [4.69, 9.17) is 9.47 Å². The Morgan fingerprint density at radius 2 is 1.81 bits per heavy atom. The van der Waals surface area contributed by atoms with E-state index in [1.165, 1.54) is 0 Å². The fourth-order valence-corrected chi connectivity index (χ4v) is 2.73. The number of likely N-dealkylation sites (N-methyl/N-ethyl adjacent to an activating group) is 1. The van der Waals surface area contributed by atoms with Crippen molar-refractivity contribution in [2.24, 2.45) is 0 Å². The normalized spacial score (nSPS) is 11.7. The zero-order valence-corrected chi connectivity index (χ0v) is 15.8. The van der Waals surface area contributed by atoms with Gasteiger partial charge in [0.15, 0.2) is 0 Å². The van der Waals surface area contributed by atoms with Crippen LogP contribution in [-0.2, 0) is 6.54 Å². The van der Waals surface area contributed by atoms with Crippen molar-refractivity contribution in [2.45, 2.75) is 12.6 Å². The van der Waals surface area contributed by atoms with E-state index in [-0.39, 0.29) is 12.1 Å². The van der Waals surface area contributed by atoms with Crippen molar-refractivity contribution in [3.63, 3.8) is 0 Å². The van der Waals surface area contributed by atoms with Gasteiger partial charge in [-0.2, -0.15) is 0 Å². The standard InChI is InChI=1S/C20H27N3O3/c1-23(2)18(17-10-5-6-11-19(17)26-4)14-22-20(24)21-13-15-8-7-9-16(12-15)25-3/h5-12,18H,13-14H2,1-4H3,(H2,21,22,24). The molecule has 0 spiro atoms. The second-order valence-electron chi connectivity index (χ2n) is 6.14. The predicted molar refractivity (Wildman–Crippen MR) is 103 cm³/mol. The largest absolute Gasteiger partial charge is 0.497 e. The van der Waals surface area contributed by atoms with Crippen molar-refractivity contribution in [2.75, 3.05) is 34.9 Å². The van der Waals surface area contributed by atoms with Gasteiger partial charge < -0.3 is 25.0 Å². The number of amides is 2. The fraction of sp³-hybridized carbons (Fsp3) is 0.350. The molecule has 0 saturated heterocycles. The minimum Gasteiger partial charge on any atom is -0.497 e. The van der Waals surface area contributed by atoms with Crippen molar-refractivity contribution >= 4 is 6.03 Å². The zero-order valence-electron chi connectivity index (χ0n) is 15.8. The van der Waals surface area contributed by atoms with Crippen molar-refractivity contribution < 1.29 is 14.3 Å². The number of para-hydroxylation sites is 1. The van der Waals surface area contributed by atoms with E-state index in [9.17, 15) is 4.79 Å². The number of ether oxygens (including phenoxy) is 2. The van der Waals surface area contributed by atoms with Crippen LogP contribution < -0.4 is 20.1 Å². The van der Waals surface area contributed by atoms with E-state index >= 15 is 0 Å². The van der Waals surface area contributed by atoms with Gasteiger partial charge in [0.1, 0.15) is 11.5 Å². The zero-order chi connectivity index (χ0) is 18.9. The Morgan fingerprint density at radius 3 is 2.50 bits per heavy atom. The molecule has 1 atom stereocenters. The summed E-state index contributed by atoms with van der Waals surface area (Å²) in [5.74, 6) is 1.58. The maximum atomic E-state index is 12.2. The molecule has 6 heteroatoms. The van der Waals surface area contributed by atoms with Gasteiger partial charge in [-0.3, -0.25) is 0 Å². The highest BCUT2D eigenvalue weighted by molar-refractivity contribution is 5.73. The number of rotatable bonds is 8. The lowest BCUT2D eigenvalue weighted by Gasteiger charge is -2.26. The van der Waals surface area contributed by atoms with Crippen molar-refractivity contribution in [1.82, 2.24) is 15.5 Å². The number of benzene rings is 2. The second kappa shape index (κ2) is 9.68. The Morgan fingerprint density at radius 1 is 1.04 bits per heavy atom. The first-order valence-corrected chi connectivity index (χ1v) is 8.49. The quantitative estimate of drug-likeness (QED) is 0.763. The first-order chi connectivity index (χ1) is 12.5. The van der Waals surface area contributed by atoms with Crippen LogP contribution in [0.2, 0.25) is 0 Å². The summed E-state index contributed by atoms with van der Waals surface area (Å²) in [6, 6.07) is 15.3. The molecule has 0 aliphatic carbocycles. The maximum Gasteiger partial charge on any atom is 0.315 e. The van der Waals surface area contributed by atoms with Crippen molar-refractivity contribution in [3.05, 3.63) is 59.7 Å². The molecule has 2 rings (SSSR count). The SMILES string of the molecule is COc1cccc(CNC(=O)NCC(c2ccccc2OC)N(C)C)c1. The second-order valence-corrected chi connectivity index (χ2v) is 6.14. The van der Waals surface area contributed by atoms with Crippen LogP contribution in [0.5, 0.6) is 11.5 Å². The molecule has 0 fully saturated rings. The molecule has 6 nitrogen and oxygen atoms in total. The van der Waals surface area contributed by atoms with Gasteiger partial charge in [-0.05, 0) is 37.9 Å². The van der Waals surface area contributed by atoms with Gasteiger partial charge >= 0.3 is 6.03 Å². The highest BCUT2D eigenvalue weighted by Gasteiger charge is 2.18. The topological polar surface area (TPSA) is 62.8 Å². The van der Waals surface area contributed by atoms with Crippen LogP contribution in [0.3, 0.4) is 0 Å². The van der Waals surface area contributed by atoms with E-state index in [0.29, 0.717) is 13.1 Å². The third-order valence-electron chi connectivity index (χ3n) is 4.16. The van der Waals surface area contributed by atoms with Crippen LogP contribution in [0.25, 0.3) is 0 Å². The summed E-state index contributed by atoms with van der Waals surface area (Å²) in [5, 5.41) is 5.80. The van der Waals surface area contributed by atoms with Crippen LogP contribution in [0.15, 0.2) is 48.5 Å². The number of nitrogens with one attached hydrogen (secondary N) is 2. The number of hydrogen-bond donors (Lipinski definition) is 2. The molecular weight excluding hydrogens is 330 g/mol. The summed E-state index contributed by atoms with van der Waals surface area (Å²) in [5.41, 5.74) is 2.02. The Bertz CT molecular complexity index is 719. The predicted octanol–water partition coefficient (Wildman–Crippen LogP) is 2.81. The Labute approximate surface area is 155 Å². The molecule has 0 aromatic heterocycles. The Balaban J connectivity index is 1.93. The molecule has 2 amide bonds. The third-order valence-corrected chi connectivity index (χ3v) is 4.16. The van der Waals surface area contributed by atoms with Gasteiger partial charge in [0, 0.05) is 18.7 Å². The molecule has 0 radical (unpaired) electrons. The van der Waals surface area contributed by atoms with Crippen molar-refractivity contribution in [3.8, 4) is 11.5 Å². The number of carbonyl (C=O) groups is 1. The van der Waals surface area contributed by atoms with Gasteiger partial charge in [0.2, 0.25) is 0 Å². The lowest BCUT2D eigenvalue weighted by molar-refractivity contribution is 0.231. The minimum absolute atomic E-state index is 0.00807. The highest BCUT2D eigenvalue weighted by atomic mass is 16.5. The number of carbonyl (C=O) groups excluding carboxylic acids is 1. The minimum atomic E-state index is -0.213. The lowest BCUT2D eigenvalue weighted by Crippen LogP contribution is -2.40. The Hall–Kier alpha value is -2.73. The summed E-state index contributed by atoms with van der Waals surface area (Å²) in [4.78, 5) is 14.2. The molecular formula is C20H27N3O3. The highest BCUT2D eigenvalue weighted by Crippen LogP contribution is 2.27. The van der Waals surface area contributed by atoms with Crippen LogP contribution in [0.1, 0.15) is 17.2 Å². The first-order valence-electron chi connectivity index (χ1n) is 8.49. The third kappa shape index (κ3) is 5.39. The Kier molecular flexibility index (Phi) is 7.29. The maximum absolute atomic E-state index is 12.2. The summed E-state index contributed by atoms with van der Waals surface area (Å²) in [6.07, 6.45) is 0. The number of urea groups is 1. The van der Waals surface area contributed by atoms with Crippen LogP contribution in [-0.4, -0.2) is 45.8 Å². The smallest absolute Gasteiger partial charge is 0.315 e. The van der Waals surface area contributed by atoms with Crippen LogP contribution >= 0.6 is 0 Å². The van der Waals surface area contributed by atoms with Crippen LogP contribution in [0.4, 0.5) is 4.79 Å². The summed E-state index contributed by atoms with van der Waals surface area (Å²) in [6.45, 7) is 0.904. The molecule has 2 N–H and O–H groups in total. The summed E-state index contributed by atoms with van der Waals surface area (Å²) < 4.78 is 10.6. The summed E-state index contributed by atoms with van der Waals surface area (Å²) >= 11 is 0. The molecule has 2 aromatic rings. The lowest BCUT2D eigenvalue weighted by atomic mass is 10.0. The summed E-state index contributed by atoms with van der Waals surface area (Å²) in [7, 11) is 7.23. The van der Waals surface area contributed by atoms with Crippen LogP contribution in [0, 0.1) is 0 Å². The van der Waals surface area contributed by atoms with Gasteiger partial charge in [0.05, 0.1) is 20.3 Å². The van der Waals surface area contributed by atoms with Crippen molar-refractivity contribution in [1.29, 1.82) is 0 Å². The average molecular weight is 357 g/mol.